The number of aliphatic hydroxyl groups is 1. The number of methoxy groups -OCH3 is 2. The van der Waals surface area contributed by atoms with Crippen molar-refractivity contribution in [1.29, 1.82) is 0 Å². The molecule has 0 saturated carbocycles. The highest BCUT2D eigenvalue weighted by molar-refractivity contribution is 5.78. The number of aliphatic hydroxyl groups excluding tert-OH is 1. The molecule has 0 bridgehead atoms. The first-order chi connectivity index (χ1) is 11.6. The van der Waals surface area contributed by atoms with Crippen molar-refractivity contribution in [2.45, 2.75) is 12.0 Å². The van der Waals surface area contributed by atoms with Gasteiger partial charge in [-0.2, -0.15) is 0 Å². The largest absolute Gasteiger partial charge is 0.504 e. The Balaban J connectivity index is 2.07. The summed E-state index contributed by atoms with van der Waals surface area (Å²) in [5.74, 6) is 0.950. The van der Waals surface area contributed by atoms with E-state index in [1.165, 1.54) is 20.3 Å². The molecule has 24 heavy (non-hydrogen) atoms. The fourth-order valence-corrected chi connectivity index (χ4v) is 3.00. The molecule has 6 nitrogen and oxygen atoms in total. The molecule has 0 spiro atoms. The van der Waals surface area contributed by atoms with E-state index in [0.29, 0.717) is 22.8 Å². The van der Waals surface area contributed by atoms with Crippen LogP contribution in [0.4, 0.5) is 0 Å². The first-order valence-corrected chi connectivity index (χ1v) is 7.44. The zero-order valence-electron chi connectivity index (χ0n) is 13.4. The van der Waals surface area contributed by atoms with E-state index in [2.05, 4.69) is 0 Å². The maximum atomic E-state index is 11.1. The Morgan fingerprint density at radius 1 is 1.17 bits per heavy atom. The van der Waals surface area contributed by atoms with Gasteiger partial charge in [0, 0.05) is 11.1 Å². The van der Waals surface area contributed by atoms with Crippen molar-refractivity contribution in [3.8, 4) is 23.0 Å². The lowest BCUT2D eigenvalue weighted by atomic mass is 9.90. The number of aldehydes is 1. The van der Waals surface area contributed by atoms with Crippen LogP contribution in [0.15, 0.2) is 30.3 Å². The molecule has 2 unspecified atom stereocenters. The van der Waals surface area contributed by atoms with Gasteiger partial charge in [0.05, 0.1) is 26.7 Å². The van der Waals surface area contributed by atoms with Crippen LogP contribution in [0.5, 0.6) is 23.0 Å². The third-order valence-corrected chi connectivity index (χ3v) is 4.20. The molecule has 0 aliphatic carbocycles. The van der Waals surface area contributed by atoms with E-state index in [0.717, 1.165) is 17.4 Å². The molecule has 0 amide bonds. The summed E-state index contributed by atoms with van der Waals surface area (Å²) in [6.07, 6.45) is 0.254. The summed E-state index contributed by atoms with van der Waals surface area (Å²) < 4.78 is 16.5. The van der Waals surface area contributed by atoms with Crippen LogP contribution in [0.25, 0.3) is 0 Å². The monoisotopic (exact) mass is 330 g/mol. The number of hydrogen-bond acceptors (Lipinski definition) is 6. The lowest BCUT2D eigenvalue weighted by molar-refractivity contribution is 0.112. The molecule has 6 heteroatoms. The van der Waals surface area contributed by atoms with E-state index in [-0.39, 0.29) is 18.3 Å². The van der Waals surface area contributed by atoms with Gasteiger partial charge in [-0.05, 0) is 29.8 Å². The van der Waals surface area contributed by atoms with Crippen molar-refractivity contribution in [3.63, 3.8) is 0 Å². The molecule has 2 atom stereocenters. The highest BCUT2D eigenvalue weighted by atomic mass is 16.5. The topological polar surface area (TPSA) is 85.2 Å². The average Bonchev–Trinajstić information content (AvgIpc) is 2.99. The van der Waals surface area contributed by atoms with Gasteiger partial charge in [0.25, 0.3) is 0 Å². The van der Waals surface area contributed by atoms with Gasteiger partial charge >= 0.3 is 0 Å². The summed E-state index contributed by atoms with van der Waals surface area (Å²) in [5, 5.41) is 19.6. The second kappa shape index (κ2) is 6.41. The number of rotatable bonds is 5. The standard InChI is InChI=1S/C18H18O6/c1-22-15-7-11(3-4-14(15)21)17-13(9-20)12-5-10(8-19)6-16(23-2)18(12)24-17/h3-8,13,17,20-21H,9H2,1-2H3. The molecule has 1 heterocycles. The smallest absolute Gasteiger partial charge is 0.165 e. The van der Waals surface area contributed by atoms with Crippen molar-refractivity contribution in [2.75, 3.05) is 20.8 Å². The minimum atomic E-state index is -0.477. The Kier molecular flexibility index (Phi) is 4.31. The Morgan fingerprint density at radius 2 is 1.92 bits per heavy atom. The predicted molar refractivity (Wildman–Crippen MR) is 86.2 cm³/mol. The molecular formula is C18H18O6. The van der Waals surface area contributed by atoms with Crippen molar-refractivity contribution in [1.82, 2.24) is 0 Å². The molecule has 2 aromatic carbocycles. The highest BCUT2D eigenvalue weighted by Crippen LogP contribution is 2.51. The van der Waals surface area contributed by atoms with E-state index >= 15 is 0 Å². The third kappa shape index (κ3) is 2.55. The number of fused-ring (bicyclic) bond motifs is 1. The van der Waals surface area contributed by atoms with E-state index in [4.69, 9.17) is 14.2 Å². The molecule has 0 aromatic heterocycles. The summed E-state index contributed by atoms with van der Waals surface area (Å²) in [5.41, 5.74) is 1.92. The van der Waals surface area contributed by atoms with Crippen molar-refractivity contribution >= 4 is 6.29 Å². The number of phenolic OH excluding ortho intramolecular Hbond substituents is 1. The molecule has 1 aliphatic heterocycles. The molecule has 2 N–H and O–H groups in total. The number of carbonyl (C=O) groups excluding carboxylic acids is 1. The second-order valence-electron chi connectivity index (χ2n) is 5.52. The quantitative estimate of drug-likeness (QED) is 0.819. The molecule has 3 rings (SSSR count). The molecule has 1 aliphatic rings. The van der Waals surface area contributed by atoms with Gasteiger partial charge in [-0.3, -0.25) is 4.79 Å². The van der Waals surface area contributed by atoms with E-state index in [1.54, 1.807) is 24.3 Å². The number of hydrogen-bond donors (Lipinski definition) is 2. The predicted octanol–water partition coefficient (Wildman–Crippen LogP) is 2.43. The van der Waals surface area contributed by atoms with Gasteiger partial charge < -0.3 is 24.4 Å². The Labute approximate surface area is 139 Å². The van der Waals surface area contributed by atoms with Gasteiger partial charge in [0.2, 0.25) is 0 Å². The van der Waals surface area contributed by atoms with Gasteiger partial charge in [-0.25, -0.2) is 0 Å². The summed E-state index contributed by atoms with van der Waals surface area (Å²) in [4.78, 5) is 11.1. The Morgan fingerprint density at radius 3 is 2.54 bits per heavy atom. The van der Waals surface area contributed by atoms with Crippen LogP contribution < -0.4 is 14.2 Å². The number of benzene rings is 2. The van der Waals surface area contributed by atoms with Crippen LogP contribution in [0.3, 0.4) is 0 Å². The van der Waals surface area contributed by atoms with E-state index in [9.17, 15) is 15.0 Å². The lowest BCUT2D eigenvalue weighted by Crippen LogP contribution is -2.13. The maximum Gasteiger partial charge on any atom is 0.165 e. The summed E-state index contributed by atoms with van der Waals surface area (Å²) in [6.45, 7) is -0.160. The van der Waals surface area contributed by atoms with Crippen LogP contribution in [0.2, 0.25) is 0 Å². The van der Waals surface area contributed by atoms with Crippen LogP contribution in [-0.2, 0) is 0 Å². The summed E-state index contributed by atoms with van der Waals surface area (Å²) in [6, 6.07) is 8.19. The molecular weight excluding hydrogens is 312 g/mol. The summed E-state index contributed by atoms with van der Waals surface area (Å²) >= 11 is 0. The minimum absolute atomic E-state index is 0.0260. The fraction of sp³-hybridized carbons (Fsp3) is 0.278. The van der Waals surface area contributed by atoms with Crippen LogP contribution >= 0.6 is 0 Å². The van der Waals surface area contributed by atoms with Crippen molar-refractivity contribution in [3.05, 3.63) is 47.0 Å². The van der Waals surface area contributed by atoms with Gasteiger partial charge in [0.1, 0.15) is 12.4 Å². The molecule has 0 fully saturated rings. The zero-order chi connectivity index (χ0) is 17.3. The molecule has 0 radical (unpaired) electrons. The SMILES string of the molecule is COc1cc(C2Oc3c(OC)cc(C=O)cc3C2CO)ccc1O. The van der Waals surface area contributed by atoms with Crippen LogP contribution in [0.1, 0.15) is 33.5 Å². The van der Waals surface area contributed by atoms with Gasteiger partial charge in [0.15, 0.2) is 23.0 Å². The molecule has 0 saturated heterocycles. The zero-order valence-corrected chi connectivity index (χ0v) is 13.4. The fourth-order valence-electron chi connectivity index (χ4n) is 3.00. The third-order valence-electron chi connectivity index (χ3n) is 4.20. The number of carbonyl (C=O) groups is 1. The number of aromatic hydroxyl groups is 1. The van der Waals surface area contributed by atoms with Crippen molar-refractivity contribution in [2.24, 2.45) is 0 Å². The number of ether oxygens (including phenoxy) is 3. The Hall–Kier alpha value is -2.73. The number of phenols is 1. The highest BCUT2D eigenvalue weighted by Gasteiger charge is 2.38. The van der Waals surface area contributed by atoms with Crippen LogP contribution in [-0.4, -0.2) is 37.3 Å². The first kappa shape index (κ1) is 16.1. The van der Waals surface area contributed by atoms with E-state index in [1.807, 2.05) is 0 Å². The molecule has 126 valence electrons. The lowest BCUT2D eigenvalue weighted by Gasteiger charge is -2.18. The summed E-state index contributed by atoms with van der Waals surface area (Å²) in [7, 11) is 2.96. The second-order valence-corrected chi connectivity index (χ2v) is 5.52. The van der Waals surface area contributed by atoms with Crippen molar-refractivity contribution < 1.29 is 29.2 Å². The normalized spacial score (nSPS) is 18.6. The maximum absolute atomic E-state index is 11.1. The van der Waals surface area contributed by atoms with E-state index < -0.39 is 6.10 Å². The molecule has 2 aromatic rings. The average molecular weight is 330 g/mol. The van der Waals surface area contributed by atoms with Gasteiger partial charge in [-0.15, -0.1) is 0 Å². The minimum Gasteiger partial charge on any atom is -0.504 e. The van der Waals surface area contributed by atoms with Crippen LogP contribution in [0, 0.1) is 0 Å². The Bertz CT molecular complexity index is 770. The van der Waals surface area contributed by atoms with Gasteiger partial charge in [-0.1, -0.05) is 6.07 Å². The first-order valence-electron chi connectivity index (χ1n) is 7.44.